The van der Waals surface area contributed by atoms with Gasteiger partial charge in [-0.1, -0.05) is 31.1 Å². The van der Waals surface area contributed by atoms with Crippen molar-refractivity contribution in [3.05, 3.63) is 35.1 Å². The van der Waals surface area contributed by atoms with Crippen LogP contribution in [-0.4, -0.2) is 24.5 Å². The summed E-state index contributed by atoms with van der Waals surface area (Å²) in [7, 11) is 2.13. The predicted molar refractivity (Wildman–Crippen MR) is 80.7 cm³/mol. The molecule has 20 heavy (non-hydrogen) atoms. The molecule has 0 unspecified atom stereocenters. The average Bonchev–Trinajstić information content (AvgIpc) is 2.45. The second-order valence-corrected chi connectivity index (χ2v) is 5.56. The quantitative estimate of drug-likeness (QED) is 0.859. The SMILES string of the molecule is CN(Cc1cc(F)cc(C#CCN)c1)C1CCCCC1. The molecule has 2 rings (SSSR count). The fraction of sp³-hybridized carbons (Fsp3) is 0.529. The molecule has 2 nitrogen and oxygen atoms in total. The Morgan fingerprint density at radius 1 is 1.25 bits per heavy atom. The Hall–Kier alpha value is -1.37. The Kier molecular flexibility index (Phi) is 5.58. The van der Waals surface area contributed by atoms with E-state index in [1.807, 2.05) is 6.07 Å². The van der Waals surface area contributed by atoms with Crippen LogP contribution >= 0.6 is 0 Å². The molecule has 0 saturated heterocycles. The number of nitrogens with zero attached hydrogens (tertiary/aromatic N) is 1. The highest BCUT2D eigenvalue weighted by Crippen LogP contribution is 2.23. The highest BCUT2D eigenvalue weighted by Gasteiger charge is 2.18. The van der Waals surface area contributed by atoms with Gasteiger partial charge in [0.15, 0.2) is 0 Å². The van der Waals surface area contributed by atoms with Gasteiger partial charge in [-0.25, -0.2) is 4.39 Å². The first kappa shape index (κ1) is 15.0. The Morgan fingerprint density at radius 3 is 2.70 bits per heavy atom. The van der Waals surface area contributed by atoms with Gasteiger partial charge in [0, 0.05) is 18.2 Å². The molecule has 1 aromatic rings. The lowest BCUT2D eigenvalue weighted by Crippen LogP contribution is -2.32. The summed E-state index contributed by atoms with van der Waals surface area (Å²) in [5.41, 5.74) is 7.05. The zero-order valence-electron chi connectivity index (χ0n) is 12.2. The van der Waals surface area contributed by atoms with Crippen LogP contribution in [0.2, 0.25) is 0 Å². The molecule has 0 aliphatic heterocycles. The van der Waals surface area contributed by atoms with E-state index in [4.69, 9.17) is 5.73 Å². The summed E-state index contributed by atoms with van der Waals surface area (Å²) in [6.45, 7) is 1.08. The Labute approximate surface area is 121 Å². The maximum Gasteiger partial charge on any atom is 0.124 e. The van der Waals surface area contributed by atoms with Crippen LogP contribution in [-0.2, 0) is 6.54 Å². The van der Waals surface area contributed by atoms with E-state index in [0.29, 0.717) is 18.2 Å². The normalized spacial score (nSPS) is 16.0. The fourth-order valence-electron chi connectivity index (χ4n) is 2.91. The topological polar surface area (TPSA) is 29.3 Å². The van der Waals surface area contributed by atoms with Gasteiger partial charge in [-0.2, -0.15) is 0 Å². The third-order valence-corrected chi connectivity index (χ3v) is 3.92. The van der Waals surface area contributed by atoms with Crippen LogP contribution in [0.1, 0.15) is 43.2 Å². The van der Waals surface area contributed by atoms with E-state index in [1.165, 1.54) is 38.2 Å². The molecule has 0 heterocycles. The van der Waals surface area contributed by atoms with Crippen LogP contribution in [0.4, 0.5) is 4.39 Å². The van der Waals surface area contributed by atoms with Crippen molar-refractivity contribution < 1.29 is 4.39 Å². The van der Waals surface area contributed by atoms with Gasteiger partial charge in [0.05, 0.1) is 6.54 Å². The third-order valence-electron chi connectivity index (χ3n) is 3.92. The smallest absolute Gasteiger partial charge is 0.124 e. The van der Waals surface area contributed by atoms with Gasteiger partial charge >= 0.3 is 0 Å². The molecule has 0 bridgehead atoms. The summed E-state index contributed by atoms with van der Waals surface area (Å²) >= 11 is 0. The number of benzene rings is 1. The van der Waals surface area contributed by atoms with Gasteiger partial charge in [-0.05, 0) is 43.7 Å². The molecule has 1 fully saturated rings. The molecule has 0 atom stereocenters. The van der Waals surface area contributed by atoms with Crippen molar-refractivity contribution in [2.75, 3.05) is 13.6 Å². The maximum absolute atomic E-state index is 13.6. The van der Waals surface area contributed by atoms with E-state index >= 15 is 0 Å². The van der Waals surface area contributed by atoms with Crippen LogP contribution in [0.25, 0.3) is 0 Å². The minimum Gasteiger partial charge on any atom is -0.320 e. The zero-order chi connectivity index (χ0) is 14.4. The molecule has 0 radical (unpaired) electrons. The van der Waals surface area contributed by atoms with Crippen molar-refractivity contribution in [2.45, 2.75) is 44.7 Å². The average molecular weight is 274 g/mol. The third kappa shape index (κ3) is 4.33. The number of hydrogen-bond acceptors (Lipinski definition) is 2. The van der Waals surface area contributed by atoms with Crippen molar-refractivity contribution in [1.29, 1.82) is 0 Å². The second kappa shape index (κ2) is 7.42. The van der Waals surface area contributed by atoms with Crippen LogP contribution in [0, 0.1) is 17.7 Å². The predicted octanol–water partition coefficient (Wildman–Crippen LogP) is 2.90. The summed E-state index contributed by atoms with van der Waals surface area (Å²) in [5, 5.41) is 0. The van der Waals surface area contributed by atoms with E-state index in [9.17, 15) is 4.39 Å². The maximum atomic E-state index is 13.6. The summed E-state index contributed by atoms with van der Waals surface area (Å²) in [6, 6.07) is 5.66. The number of rotatable bonds is 3. The minimum absolute atomic E-state index is 0.221. The summed E-state index contributed by atoms with van der Waals surface area (Å²) in [4.78, 5) is 2.34. The van der Waals surface area contributed by atoms with Crippen LogP contribution < -0.4 is 5.73 Å². The van der Waals surface area contributed by atoms with E-state index in [0.717, 1.165) is 12.1 Å². The van der Waals surface area contributed by atoms with Gasteiger partial charge in [0.1, 0.15) is 5.82 Å². The second-order valence-electron chi connectivity index (χ2n) is 5.56. The first-order chi connectivity index (χ1) is 9.69. The van der Waals surface area contributed by atoms with Gasteiger partial charge in [-0.3, -0.25) is 4.90 Å². The van der Waals surface area contributed by atoms with Crippen LogP contribution in [0.3, 0.4) is 0 Å². The summed E-state index contributed by atoms with van der Waals surface area (Å²) < 4.78 is 13.6. The monoisotopic (exact) mass is 274 g/mol. The van der Waals surface area contributed by atoms with Crippen molar-refractivity contribution in [1.82, 2.24) is 4.90 Å². The molecule has 3 heteroatoms. The lowest BCUT2D eigenvalue weighted by Gasteiger charge is -2.31. The fourth-order valence-corrected chi connectivity index (χ4v) is 2.91. The van der Waals surface area contributed by atoms with Crippen molar-refractivity contribution in [3.63, 3.8) is 0 Å². The van der Waals surface area contributed by atoms with Gasteiger partial charge in [0.25, 0.3) is 0 Å². The summed E-state index contributed by atoms with van der Waals surface area (Å²) in [6.07, 6.45) is 6.48. The summed E-state index contributed by atoms with van der Waals surface area (Å²) in [5.74, 6) is 5.46. The van der Waals surface area contributed by atoms with Crippen molar-refractivity contribution in [3.8, 4) is 11.8 Å². The van der Waals surface area contributed by atoms with Crippen molar-refractivity contribution >= 4 is 0 Å². The molecule has 0 aromatic heterocycles. The number of nitrogens with two attached hydrogens (primary N) is 1. The Balaban J connectivity index is 2.06. The van der Waals surface area contributed by atoms with Gasteiger partial charge < -0.3 is 5.73 Å². The molecule has 108 valence electrons. The number of hydrogen-bond donors (Lipinski definition) is 1. The van der Waals surface area contributed by atoms with Gasteiger partial charge in [-0.15, -0.1) is 0 Å². The largest absolute Gasteiger partial charge is 0.320 e. The first-order valence-corrected chi connectivity index (χ1v) is 7.37. The molecular formula is C17H23FN2. The molecule has 1 aromatic carbocycles. The van der Waals surface area contributed by atoms with E-state index in [-0.39, 0.29) is 5.82 Å². The van der Waals surface area contributed by atoms with E-state index in [2.05, 4.69) is 23.8 Å². The highest BCUT2D eigenvalue weighted by molar-refractivity contribution is 5.38. The van der Waals surface area contributed by atoms with Gasteiger partial charge in [0.2, 0.25) is 0 Å². The standard InChI is InChI=1S/C17H23FN2/c1-20(17-7-3-2-4-8-17)13-15-10-14(6-5-9-19)11-16(18)12-15/h10-12,17H,2-4,7-9,13,19H2,1H3. The van der Waals surface area contributed by atoms with Crippen molar-refractivity contribution in [2.24, 2.45) is 5.73 Å². The van der Waals surface area contributed by atoms with E-state index < -0.39 is 0 Å². The zero-order valence-corrected chi connectivity index (χ0v) is 12.2. The minimum atomic E-state index is -0.221. The number of halogens is 1. The molecule has 1 aliphatic rings. The molecule has 1 aliphatic carbocycles. The Bertz CT molecular complexity index is 495. The molecule has 2 N–H and O–H groups in total. The van der Waals surface area contributed by atoms with Crippen LogP contribution in [0.15, 0.2) is 18.2 Å². The highest BCUT2D eigenvalue weighted by atomic mass is 19.1. The lowest BCUT2D eigenvalue weighted by molar-refractivity contribution is 0.184. The van der Waals surface area contributed by atoms with E-state index in [1.54, 1.807) is 6.07 Å². The Morgan fingerprint density at radius 2 is 2.00 bits per heavy atom. The van der Waals surface area contributed by atoms with Crippen LogP contribution in [0.5, 0.6) is 0 Å². The molecule has 0 amide bonds. The molecular weight excluding hydrogens is 251 g/mol. The lowest BCUT2D eigenvalue weighted by atomic mass is 9.94. The first-order valence-electron chi connectivity index (χ1n) is 7.37. The molecule has 1 saturated carbocycles. The molecule has 0 spiro atoms.